The van der Waals surface area contributed by atoms with E-state index in [4.69, 9.17) is 4.74 Å². The number of esters is 1. The van der Waals surface area contributed by atoms with E-state index in [1.54, 1.807) is 13.0 Å². The Bertz CT molecular complexity index is 540. The Kier molecular flexibility index (Phi) is 5.64. The third-order valence-corrected chi connectivity index (χ3v) is 4.16. The van der Waals surface area contributed by atoms with Crippen LogP contribution >= 0.6 is 0 Å². The highest BCUT2D eigenvalue weighted by atomic mass is 19.4. The number of rotatable bonds is 4. The maximum Gasteiger partial charge on any atom is 0.416 e. The van der Waals surface area contributed by atoms with E-state index in [1.807, 2.05) is 4.90 Å². The standard InChI is InChI=1S/C16H21F3N2O2/c1-12(15(22)23-2)21-8-6-20(7-9-21)11-13-4-3-5-14(10-13)16(17,18)19/h3-5,10,12H,6-9,11H2,1-2H3. The van der Waals surface area contributed by atoms with Gasteiger partial charge in [-0.3, -0.25) is 14.6 Å². The third kappa shape index (κ3) is 4.68. The summed E-state index contributed by atoms with van der Waals surface area (Å²) in [6.45, 7) is 5.07. The smallest absolute Gasteiger partial charge is 0.416 e. The number of carbonyl (C=O) groups is 1. The van der Waals surface area contributed by atoms with E-state index in [9.17, 15) is 18.0 Å². The van der Waals surface area contributed by atoms with Crippen molar-refractivity contribution >= 4 is 5.97 Å². The zero-order valence-electron chi connectivity index (χ0n) is 13.3. The summed E-state index contributed by atoms with van der Waals surface area (Å²) in [4.78, 5) is 15.6. The van der Waals surface area contributed by atoms with Crippen LogP contribution in [-0.4, -0.2) is 55.1 Å². The van der Waals surface area contributed by atoms with E-state index >= 15 is 0 Å². The Hall–Kier alpha value is -1.60. The van der Waals surface area contributed by atoms with Crippen LogP contribution in [0.2, 0.25) is 0 Å². The second-order valence-corrected chi connectivity index (χ2v) is 5.71. The van der Waals surface area contributed by atoms with Gasteiger partial charge < -0.3 is 4.74 Å². The van der Waals surface area contributed by atoms with Gasteiger partial charge in [0.15, 0.2) is 0 Å². The van der Waals surface area contributed by atoms with E-state index in [0.29, 0.717) is 38.3 Å². The minimum atomic E-state index is -4.31. The van der Waals surface area contributed by atoms with Crippen molar-refractivity contribution in [3.05, 3.63) is 35.4 Å². The number of piperazine rings is 1. The largest absolute Gasteiger partial charge is 0.468 e. The number of benzene rings is 1. The van der Waals surface area contributed by atoms with Crippen LogP contribution in [0.25, 0.3) is 0 Å². The molecule has 0 amide bonds. The highest BCUT2D eigenvalue weighted by molar-refractivity contribution is 5.75. The SMILES string of the molecule is COC(=O)C(C)N1CCN(Cc2cccc(C(F)(F)F)c2)CC1. The molecular formula is C16H21F3N2O2. The number of hydrogen-bond acceptors (Lipinski definition) is 4. The first-order valence-electron chi connectivity index (χ1n) is 7.51. The summed E-state index contributed by atoms with van der Waals surface area (Å²) in [5.41, 5.74) is 0.0299. The second kappa shape index (κ2) is 7.31. The predicted octanol–water partition coefficient (Wildman–Crippen LogP) is 2.38. The van der Waals surface area contributed by atoms with Crippen LogP contribution < -0.4 is 0 Å². The summed E-state index contributed by atoms with van der Waals surface area (Å²) >= 11 is 0. The number of ether oxygens (including phenoxy) is 1. The number of halogens is 3. The molecule has 128 valence electrons. The Morgan fingerprint density at radius 2 is 1.91 bits per heavy atom. The molecule has 23 heavy (non-hydrogen) atoms. The lowest BCUT2D eigenvalue weighted by molar-refractivity contribution is -0.147. The molecule has 1 unspecified atom stereocenters. The van der Waals surface area contributed by atoms with Gasteiger partial charge in [-0.25, -0.2) is 0 Å². The lowest BCUT2D eigenvalue weighted by Gasteiger charge is -2.37. The van der Waals surface area contributed by atoms with Gasteiger partial charge in [-0.15, -0.1) is 0 Å². The quantitative estimate of drug-likeness (QED) is 0.794. The van der Waals surface area contributed by atoms with Crippen LogP contribution in [0.4, 0.5) is 13.2 Å². The van der Waals surface area contributed by atoms with Crippen molar-refractivity contribution in [3.63, 3.8) is 0 Å². The first-order valence-corrected chi connectivity index (χ1v) is 7.51. The molecule has 0 aliphatic carbocycles. The average Bonchev–Trinajstić information content (AvgIpc) is 2.53. The van der Waals surface area contributed by atoms with E-state index in [-0.39, 0.29) is 12.0 Å². The van der Waals surface area contributed by atoms with Crippen molar-refractivity contribution in [2.75, 3.05) is 33.3 Å². The summed E-state index contributed by atoms with van der Waals surface area (Å²) in [5, 5.41) is 0. The van der Waals surface area contributed by atoms with Crippen molar-refractivity contribution in [2.45, 2.75) is 25.7 Å². The molecule has 0 bridgehead atoms. The van der Waals surface area contributed by atoms with Gasteiger partial charge >= 0.3 is 12.1 Å². The Labute approximate surface area is 133 Å². The van der Waals surface area contributed by atoms with Crippen LogP contribution in [-0.2, 0) is 22.3 Å². The Morgan fingerprint density at radius 1 is 1.26 bits per heavy atom. The van der Waals surface area contributed by atoms with Gasteiger partial charge in [0.25, 0.3) is 0 Å². The van der Waals surface area contributed by atoms with Gasteiger partial charge in [0, 0.05) is 32.7 Å². The van der Waals surface area contributed by atoms with Gasteiger partial charge in [0.2, 0.25) is 0 Å². The Balaban J connectivity index is 1.91. The van der Waals surface area contributed by atoms with Crippen molar-refractivity contribution in [1.29, 1.82) is 0 Å². The van der Waals surface area contributed by atoms with Crippen molar-refractivity contribution in [1.82, 2.24) is 9.80 Å². The van der Waals surface area contributed by atoms with Crippen LogP contribution in [0.3, 0.4) is 0 Å². The van der Waals surface area contributed by atoms with Crippen molar-refractivity contribution in [3.8, 4) is 0 Å². The number of nitrogens with zero attached hydrogens (tertiary/aromatic N) is 2. The average molecular weight is 330 g/mol. The molecule has 0 radical (unpaired) electrons. The minimum absolute atomic E-state index is 0.267. The number of methoxy groups -OCH3 is 1. The molecule has 1 aliphatic heterocycles. The monoisotopic (exact) mass is 330 g/mol. The molecular weight excluding hydrogens is 309 g/mol. The number of alkyl halides is 3. The number of carbonyl (C=O) groups excluding carboxylic acids is 1. The molecule has 0 spiro atoms. The topological polar surface area (TPSA) is 32.8 Å². The third-order valence-electron chi connectivity index (χ3n) is 4.16. The molecule has 2 rings (SSSR count). The van der Waals surface area contributed by atoms with Crippen LogP contribution in [0.5, 0.6) is 0 Å². The molecule has 0 saturated carbocycles. The van der Waals surface area contributed by atoms with E-state index in [1.165, 1.54) is 19.2 Å². The van der Waals surface area contributed by atoms with E-state index < -0.39 is 11.7 Å². The molecule has 1 aromatic rings. The first kappa shape index (κ1) is 17.7. The number of hydrogen-bond donors (Lipinski definition) is 0. The molecule has 0 N–H and O–H groups in total. The van der Waals surface area contributed by atoms with Crippen molar-refractivity contribution < 1.29 is 22.7 Å². The Morgan fingerprint density at radius 3 is 2.48 bits per heavy atom. The highest BCUT2D eigenvalue weighted by Gasteiger charge is 2.31. The fourth-order valence-corrected chi connectivity index (χ4v) is 2.73. The zero-order chi connectivity index (χ0) is 17.0. The second-order valence-electron chi connectivity index (χ2n) is 5.71. The van der Waals surface area contributed by atoms with E-state index in [0.717, 1.165) is 6.07 Å². The summed E-state index contributed by atoms with van der Waals surface area (Å²) < 4.78 is 42.9. The van der Waals surface area contributed by atoms with Crippen molar-refractivity contribution in [2.24, 2.45) is 0 Å². The summed E-state index contributed by atoms with van der Waals surface area (Å²) in [6, 6.07) is 5.13. The molecule has 7 heteroatoms. The molecule has 1 atom stereocenters. The van der Waals surface area contributed by atoms with Gasteiger partial charge in [-0.2, -0.15) is 13.2 Å². The fourth-order valence-electron chi connectivity index (χ4n) is 2.73. The van der Waals surface area contributed by atoms with Crippen LogP contribution in [0.1, 0.15) is 18.1 Å². The van der Waals surface area contributed by atoms with E-state index in [2.05, 4.69) is 4.90 Å². The predicted molar refractivity (Wildman–Crippen MR) is 79.8 cm³/mol. The molecule has 1 aromatic carbocycles. The lowest BCUT2D eigenvalue weighted by atomic mass is 10.1. The van der Waals surface area contributed by atoms with Gasteiger partial charge in [0.05, 0.1) is 12.7 Å². The van der Waals surface area contributed by atoms with Crippen LogP contribution in [0.15, 0.2) is 24.3 Å². The maximum absolute atomic E-state index is 12.7. The van der Waals surface area contributed by atoms with Gasteiger partial charge in [0.1, 0.15) is 6.04 Å². The maximum atomic E-state index is 12.7. The lowest BCUT2D eigenvalue weighted by Crippen LogP contribution is -2.51. The molecule has 4 nitrogen and oxygen atoms in total. The molecule has 1 saturated heterocycles. The minimum Gasteiger partial charge on any atom is -0.468 e. The molecule has 1 fully saturated rings. The molecule has 1 heterocycles. The fraction of sp³-hybridized carbons (Fsp3) is 0.562. The molecule has 0 aromatic heterocycles. The van der Waals surface area contributed by atoms with Crippen LogP contribution in [0, 0.1) is 0 Å². The first-order chi connectivity index (χ1) is 10.8. The zero-order valence-corrected chi connectivity index (χ0v) is 13.3. The normalized spacial score (nSPS) is 18.7. The highest BCUT2D eigenvalue weighted by Crippen LogP contribution is 2.29. The van der Waals surface area contributed by atoms with Gasteiger partial charge in [-0.1, -0.05) is 18.2 Å². The summed E-state index contributed by atoms with van der Waals surface area (Å²) in [5.74, 6) is -0.267. The summed E-state index contributed by atoms with van der Waals surface area (Å²) in [7, 11) is 1.36. The molecule has 1 aliphatic rings. The summed E-state index contributed by atoms with van der Waals surface area (Å²) in [6.07, 6.45) is -4.31. The van der Waals surface area contributed by atoms with Gasteiger partial charge in [-0.05, 0) is 18.6 Å².